The zero-order valence-electron chi connectivity index (χ0n) is 20.8. The number of benzene rings is 2. The Balaban J connectivity index is 1.36. The van der Waals surface area contributed by atoms with Gasteiger partial charge in [-0.1, -0.05) is 11.6 Å². The molecule has 3 N–H and O–H groups in total. The summed E-state index contributed by atoms with van der Waals surface area (Å²) in [7, 11) is 1.86. The van der Waals surface area contributed by atoms with Crippen molar-refractivity contribution in [3.63, 3.8) is 0 Å². The second-order valence-electron chi connectivity index (χ2n) is 9.20. The fraction of sp³-hybridized carbons (Fsp3) is 0.370. The summed E-state index contributed by atoms with van der Waals surface area (Å²) in [5.74, 6) is 0.480. The number of amides is 2. The van der Waals surface area contributed by atoms with E-state index in [4.69, 9.17) is 21.4 Å². The number of piperidine rings is 1. The number of aromatic nitrogens is 2. The molecule has 37 heavy (non-hydrogen) atoms. The number of aryl methyl sites for hydroxylation is 1. The quantitative estimate of drug-likeness (QED) is 0.329. The molecule has 2 amide bonds. The Hall–Kier alpha value is -3.56. The van der Waals surface area contributed by atoms with Crippen LogP contribution in [0.3, 0.4) is 0 Å². The Kier molecular flexibility index (Phi) is 9.03. The number of hydrogen-bond acceptors (Lipinski definition) is 5. The molecule has 0 aliphatic carbocycles. The molecule has 1 aliphatic heterocycles. The van der Waals surface area contributed by atoms with E-state index in [9.17, 15) is 9.59 Å². The van der Waals surface area contributed by atoms with Crippen LogP contribution in [0, 0.1) is 5.92 Å². The van der Waals surface area contributed by atoms with Gasteiger partial charge >= 0.3 is 12.0 Å². The van der Waals surface area contributed by atoms with Crippen LogP contribution in [0.4, 0.5) is 16.2 Å². The Morgan fingerprint density at radius 1 is 1.08 bits per heavy atom. The standard InChI is InChI=1S/C27H32ClN5O4/c1-32-24(10-13-29-32)23-18-22(31-27(36)30-21-5-3-20(28)4-6-21)7-8-25(23)37-17-16-33-14-11-19(12-15-33)2-9-26(34)35/h3-8,10,13,18-19H,2,9,11-12,14-17H2,1H3,(H,34,35)(H2,30,31,36). The van der Waals surface area contributed by atoms with Crippen molar-refractivity contribution in [2.45, 2.75) is 25.7 Å². The molecule has 1 aromatic heterocycles. The molecule has 0 saturated carbocycles. The van der Waals surface area contributed by atoms with E-state index in [-0.39, 0.29) is 12.5 Å². The first-order chi connectivity index (χ1) is 17.9. The lowest BCUT2D eigenvalue weighted by Crippen LogP contribution is -2.36. The van der Waals surface area contributed by atoms with Crippen molar-refractivity contribution in [3.8, 4) is 17.0 Å². The molecular formula is C27H32ClN5O4. The molecule has 0 atom stereocenters. The first kappa shape index (κ1) is 26.5. The number of urea groups is 1. The number of anilines is 2. The maximum Gasteiger partial charge on any atom is 0.323 e. The second-order valence-corrected chi connectivity index (χ2v) is 9.64. The van der Waals surface area contributed by atoms with Gasteiger partial charge in [-0.3, -0.25) is 14.4 Å². The molecule has 1 saturated heterocycles. The molecule has 3 aromatic rings. The summed E-state index contributed by atoms with van der Waals surface area (Å²) in [6.45, 7) is 3.22. The maximum absolute atomic E-state index is 12.5. The van der Waals surface area contributed by atoms with Crippen molar-refractivity contribution >= 4 is 35.0 Å². The van der Waals surface area contributed by atoms with Crippen molar-refractivity contribution in [1.82, 2.24) is 14.7 Å². The van der Waals surface area contributed by atoms with Crippen molar-refractivity contribution in [3.05, 3.63) is 59.8 Å². The number of carboxylic acids is 1. The van der Waals surface area contributed by atoms with Gasteiger partial charge in [-0.15, -0.1) is 0 Å². The highest BCUT2D eigenvalue weighted by Crippen LogP contribution is 2.33. The average Bonchev–Trinajstić information content (AvgIpc) is 3.31. The van der Waals surface area contributed by atoms with Crippen LogP contribution in [0.25, 0.3) is 11.3 Å². The van der Waals surface area contributed by atoms with Gasteiger partial charge in [0.05, 0.1) is 5.69 Å². The van der Waals surface area contributed by atoms with Crippen molar-refractivity contribution < 1.29 is 19.4 Å². The number of carbonyl (C=O) groups excluding carboxylic acids is 1. The molecule has 4 rings (SSSR count). The zero-order chi connectivity index (χ0) is 26.2. The van der Waals surface area contributed by atoms with Crippen molar-refractivity contribution in [2.75, 3.05) is 36.9 Å². The average molecular weight is 526 g/mol. The lowest BCUT2D eigenvalue weighted by atomic mass is 9.92. The van der Waals surface area contributed by atoms with Crippen molar-refractivity contribution in [2.24, 2.45) is 13.0 Å². The summed E-state index contributed by atoms with van der Waals surface area (Å²) >= 11 is 5.91. The molecule has 2 aromatic carbocycles. The van der Waals surface area contributed by atoms with E-state index in [0.717, 1.165) is 50.2 Å². The topological polar surface area (TPSA) is 109 Å². The fourth-order valence-corrected chi connectivity index (χ4v) is 4.64. The summed E-state index contributed by atoms with van der Waals surface area (Å²) in [6, 6.07) is 14.0. The normalized spacial score (nSPS) is 14.3. The number of carboxylic acid groups (broad SMARTS) is 1. The minimum atomic E-state index is -0.719. The Bertz CT molecular complexity index is 1210. The molecule has 2 heterocycles. The number of nitrogens with zero attached hydrogens (tertiary/aromatic N) is 3. The Morgan fingerprint density at radius 3 is 2.46 bits per heavy atom. The number of rotatable bonds is 10. The number of likely N-dealkylation sites (tertiary alicyclic amines) is 1. The van der Waals surface area contributed by atoms with Crippen molar-refractivity contribution in [1.29, 1.82) is 0 Å². The van der Waals surface area contributed by atoms with Crippen LogP contribution in [0.5, 0.6) is 5.75 Å². The zero-order valence-corrected chi connectivity index (χ0v) is 21.6. The van der Waals surface area contributed by atoms with E-state index in [0.29, 0.717) is 34.7 Å². The smallest absolute Gasteiger partial charge is 0.323 e. The second kappa shape index (κ2) is 12.6. The lowest BCUT2D eigenvalue weighted by molar-refractivity contribution is -0.137. The number of carbonyl (C=O) groups is 2. The highest BCUT2D eigenvalue weighted by Gasteiger charge is 2.20. The SMILES string of the molecule is Cn1nccc1-c1cc(NC(=O)Nc2ccc(Cl)cc2)ccc1OCCN1CCC(CCC(=O)O)CC1. The molecule has 10 heteroatoms. The molecule has 196 valence electrons. The van der Waals surface area contributed by atoms with Crippen LogP contribution in [-0.2, 0) is 11.8 Å². The van der Waals surface area contributed by atoms with Crippen LogP contribution in [0.2, 0.25) is 5.02 Å². The van der Waals surface area contributed by atoms with Crippen LogP contribution in [-0.4, -0.2) is 58.0 Å². The van der Waals surface area contributed by atoms with Gasteiger partial charge in [0.2, 0.25) is 0 Å². The number of aliphatic carboxylic acids is 1. The summed E-state index contributed by atoms with van der Waals surface area (Å²) < 4.78 is 7.96. The van der Waals surface area contributed by atoms with Gasteiger partial charge in [-0.05, 0) is 86.8 Å². The third-order valence-electron chi connectivity index (χ3n) is 6.58. The molecule has 0 unspecified atom stereocenters. The van der Waals surface area contributed by atoms with Gasteiger partial charge in [0.15, 0.2) is 0 Å². The van der Waals surface area contributed by atoms with E-state index in [1.807, 2.05) is 31.3 Å². The molecule has 0 bridgehead atoms. The number of halogens is 1. The fourth-order valence-electron chi connectivity index (χ4n) is 4.51. The predicted molar refractivity (Wildman–Crippen MR) is 144 cm³/mol. The highest BCUT2D eigenvalue weighted by molar-refractivity contribution is 6.30. The van der Waals surface area contributed by atoms with E-state index in [1.54, 1.807) is 35.1 Å². The van der Waals surface area contributed by atoms with Gasteiger partial charge < -0.3 is 20.5 Å². The van der Waals surface area contributed by atoms with E-state index in [1.165, 1.54) is 0 Å². The van der Waals surface area contributed by atoms with Gasteiger partial charge in [0.25, 0.3) is 0 Å². The largest absolute Gasteiger partial charge is 0.492 e. The van der Waals surface area contributed by atoms with Crippen LogP contribution >= 0.6 is 11.6 Å². The van der Waals surface area contributed by atoms with Crippen LogP contribution in [0.15, 0.2) is 54.7 Å². The first-order valence-electron chi connectivity index (χ1n) is 12.4. The molecule has 0 radical (unpaired) electrons. The predicted octanol–water partition coefficient (Wildman–Crippen LogP) is 5.34. The minimum Gasteiger partial charge on any atom is -0.492 e. The van der Waals surface area contributed by atoms with E-state index < -0.39 is 5.97 Å². The van der Waals surface area contributed by atoms with Gasteiger partial charge in [-0.25, -0.2) is 4.79 Å². The number of nitrogens with one attached hydrogen (secondary N) is 2. The molecule has 1 fully saturated rings. The summed E-state index contributed by atoms with van der Waals surface area (Å²) in [4.78, 5) is 25.7. The number of ether oxygens (including phenoxy) is 1. The summed E-state index contributed by atoms with van der Waals surface area (Å²) in [6.07, 6.45) is 4.77. The Labute approximate surface area is 221 Å². The molecule has 9 nitrogen and oxygen atoms in total. The minimum absolute atomic E-state index is 0.248. The van der Waals surface area contributed by atoms with Gasteiger partial charge in [0.1, 0.15) is 12.4 Å². The van der Waals surface area contributed by atoms with Crippen LogP contribution in [0.1, 0.15) is 25.7 Å². The number of hydrogen-bond donors (Lipinski definition) is 3. The van der Waals surface area contributed by atoms with Gasteiger partial charge in [-0.2, -0.15) is 5.10 Å². The highest BCUT2D eigenvalue weighted by atomic mass is 35.5. The monoisotopic (exact) mass is 525 g/mol. The van der Waals surface area contributed by atoms with E-state index in [2.05, 4.69) is 20.6 Å². The summed E-state index contributed by atoms with van der Waals surface area (Å²) in [5, 5.41) is 19.4. The van der Waals surface area contributed by atoms with Crippen LogP contribution < -0.4 is 15.4 Å². The van der Waals surface area contributed by atoms with E-state index >= 15 is 0 Å². The van der Waals surface area contributed by atoms with Gasteiger partial charge in [0, 0.05) is 48.2 Å². The first-order valence-corrected chi connectivity index (χ1v) is 12.8. The Morgan fingerprint density at radius 2 is 1.78 bits per heavy atom. The lowest BCUT2D eigenvalue weighted by Gasteiger charge is -2.31. The summed E-state index contributed by atoms with van der Waals surface area (Å²) in [5.41, 5.74) is 2.96. The molecular weight excluding hydrogens is 494 g/mol. The third-order valence-corrected chi connectivity index (χ3v) is 6.83. The maximum atomic E-state index is 12.5. The third kappa shape index (κ3) is 7.71. The molecule has 1 aliphatic rings. The molecule has 0 spiro atoms.